The summed E-state index contributed by atoms with van der Waals surface area (Å²) in [4.78, 5) is 22.7. The summed E-state index contributed by atoms with van der Waals surface area (Å²) in [5.41, 5.74) is 6.14. The van der Waals surface area contributed by atoms with Gasteiger partial charge >= 0.3 is 0 Å². The second kappa shape index (κ2) is 6.71. The van der Waals surface area contributed by atoms with Crippen LogP contribution >= 0.6 is 0 Å². The van der Waals surface area contributed by atoms with Gasteiger partial charge in [-0.1, -0.05) is 12.1 Å². The normalized spacial score (nSPS) is 10.1. The number of rotatable bonds is 5. The quantitative estimate of drug-likeness (QED) is 0.888. The van der Waals surface area contributed by atoms with Gasteiger partial charge < -0.3 is 15.8 Å². The lowest BCUT2D eigenvalue weighted by atomic mass is 10.1. The van der Waals surface area contributed by atoms with E-state index >= 15 is 0 Å². The van der Waals surface area contributed by atoms with E-state index in [1.807, 2.05) is 0 Å². The van der Waals surface area contributed by atoms with Crippen molar-refractivity contribution in [3.63, 3.8) is 0 Å². The van der Waals surface area contributed by atoms with Crippen LogP contribution in [0.25, 0.3) is 0 Å². The van der Waals surface area contributed by atoms with Crippen LogP contribution in [0.4, 0.5) is 10.1 Å². The molecule has 114 valence electrons. The predicted molar refractivity (Wildman–Crippen MR) is 80.2 cm³/mol. The predicted octanol–water partition coefficient (Wildman–Crippen LogP) is 2.25. The minimum atomic E-state index is -0.593. The van der Waals surface area contributed by atoms with Crippen LogP contribution in [-0.2, 0) is 4.79 Å². The Bertz CT molecular complexity index is 716. The van der Waals surface area contributed by atoms with Gasteiger partial charge in [-0.2, -0.15) is 0 Å². The Morgan fingerprint density at radius 3 is 2.68 bits per heavy atom. The first-order chi connectivity index (χ1) is 10.5. The molecular formula is C16H15FN2O3. The number of ether oxygens (including phenoxy) is 1. The van der Waals surface area contributed by atoms with Crippen LogP contribution in [0.2, 0.25) is 0 Å². The van der Waals surface area contributed by atoms with Crippen LogP contribution in [0.15, 0.2) is 42.5 Å². The number of halogens is 1. The molecule has 0 aliphatic heterocycles. The van der Waals surface area contributed by atoms with Crippen molar-refractivity contribution in [2.45, 2.75) is 6.92 Å². The summed E-state index contributed by atoms with van der Waals surface area (Å²) < 4.78 is 18.6. The fourth-order valence-electron chi connectivity index (χ4n) is 1.76. The van der Waals surface area contributed by atoms with E-state index in [1.165, 1.54) is 12.1 Å². The molecule has 2 aromatic rings. The van der Waals surface area contributed by atoms with Crippen molar-refractivity contribution in [1.82, 2.24) is 0 Å². The number of carbonyl (C=O) groups excluding carboxylic acids is 2. The van der Waals surface area contributed by atoms with Crippen molar-refractivity contribution >= 4 is 17.5 Å². The first-order valence-corrected chi connectivity index (χ1v) is 6.54. The highest BCUT2D eigenvalue weighted by atomic mass is 19.1. The molecule has 22 heavy (non-hydrogen) atoms. The molecule has 0 fully saturated rings. The van der Waals surface area contributed by atoms with Gasteiger partial charge in [0.25, 0.3) is 11.8 Å². The zero-order valence-corrected chi connectivity index (χ0v) is 11.9. The molecule has 2 aromatic carbocycles. The molecule has 0 saturated carbocycles. The second-order valence-corrected chi connectivity index (χ2v) is 4.70. The number of aryl methyl sites for hydroxylation is 1. The standard InChI is InChI=1S/C16H15FN2O3/c1-10-5-6-11(7-14(10)17)16(21)19-12-3-2-4-13(8-12)22-9-15(18)20/h2-8H,9H2,1H3,(H2,18,20)(H,19,21). The van der Waals surface area contributed by atoms with Crippen LogP contribution < -0.4 is 15.8 Å². The summed E-state index contributed by atoms with van der Waals surface area (Å²) in [6.07, 6.45) is 0. The molecule has 0 aliphatic carbocycles. The molecule has 2 amide bonds. The number of amides is 2. The van der Waals surface area contributed by atoms with Gasteiger partial charge in [-0.05, 0) is 36.8 Å². The van der Waals surface area contributed by atoms with Crippen LogP contribution in [0.5, 0.6) is 5.75 Å². The Balaban J connectivity index is 2.09. The van der Waals surface area contributed by atoms with E-state index in [9.17, 15) is 14.0 Å². The van der Waals surface area contributed by atoms with E-state index in [1.54, 1.807) is 37.3 Å². The van der Waals surface area contributed by atoms with E-state index in [4.69, 9.17) is 10.5 Å². The highest BCUT2D eigenvalue weighted by molar-refractivity contribution is 6.04. The minimum Gasteiger partial charge on any atom is -0.484 e. The number of carbonyl (C=O) groups is 2. The highest BCUT2D eigenvalue weighted by Crippen LogP contribution is 2.18. The number of hydrogen-bond acceptors (Lipinski definition) is 3. The molecule has 3 N–H and O–H groups in total. The lowest BCUT2D eigenvalue weighted by Crippen LogP contribution is -2.20. The number of anilines is 1. The average Bonchev–Trinajstić information content (AvgIpc) is 2.48. The lowest BCUT2D eigenvalue weighted by molar-refractivity contribution is -0.119. The largest absolute Gasteiger partial charge is 0.484 e. The number of primary amides is 1. The van der Waals surface area contributed by atoms with E-state index in [2.05, 4.69) is 5.32 Å². The third kappa shape index (κ3) is 4.05. The van der Waals surface area contributed by atoms with Gasteiger partial charge in [0, 0.05) is 17.3 Å². The molecule has 0 bridgehead atoms. The highest BCUT2D eigenvalue weighted by Gasteiger charge is 2.09. The maximum atomic E-state index is 13.5. The zero-order chi connectivity index (χ0) is 16.1. The Morgan fingerprint density at radius 1 is 1.23 bits per heavy atom. The molecule has 0 heterocycles. The van der Waals surface area contributed by atoms with Crippen LogP contribution in [0, 0.1) is 12.7 Å². The topological polar surface area (TPSA) is 81.4 Å². The van der Waals surface area contributed by atoms with Gasteiger partial charge in [0.1, 0.15) is 11.6 Å². The summed E-state index contributed by atoms with van der Waals surface area (Å²) in [6, 6.07) is 10.7. The summed E-state index contributed by atoms with van der Waals surface area (Å²) in [5, 5.41) is 2.63. The van der Waals surface area contributed by atoms with Crippen molar-refractivity contribution in [3.05, 3.63) is 59.4 Å². The van der Waals surface area contributed by atoms with Gasteiger partial charge in [0.05, 0.1) is 0 Å². The fraction of sp³-hybridized carbons (Fsp3) is 0.125. The lowest BCUT2D eigenvalue weighted by Gasteiger charge is -2.08. The SMILES string of the molecule is Cc1ccc(C(=O)Nc2cccc(OCC(N)=O)c2)cc1F. The van der Waals surface area contributed by atoms with Crippen molar-refractivity contribution in [2.24, 2.45) is 5.73 Å². The average molecular weight is 302 g/mol. The second-order valence-electron chi connectivity index (χ2n) is 4.70. The maximum Gasteiger partial charge on any atom is 0.255 e. The summed E-state index contributed by atoms with van der Waals surface area (Å²) in [7, 11) is 0. The van der Waals surface area contributed by atoms with E-state index in [-0.39, 0.29) is 12.2 Å². The molecule has 0 saturated heterocycles. The first-order valence-electron chi connectivity index (χ1n) is 6.54. The van der Waals surface area contributed by atoms with Gasteiger partial charge in [0.2, 0.25) is 0 Å². The van der Waals surface area contributed by atoms with Crippen LogP contribution in [0.1, 0.15) is 15.9 Å². The maximum absolute atomic E-state index is 13.5. The molecule has 6 heteroatoms. The van der Waals surface area contributed by atoms with Gasteiger partial charge in [-0.3, -0.25) is 9.59 Å². The first kappa shape index (κ1) is 15.5. The van der Waals surface area contributed by atoms with Crippen molar-refractivity contribution < 1.29 is 18.7 Å². The van der Waals surface area contributed by atoms with Gasteiger partial charge in [-0.15, -0.1) is 0 Å². The molecule has 0 atom stereocenters. The van der Waals surface area contributed by atoms with Crippen LogP contribution in [-0.4, -0.2) is 18.4 Å². The summed E-state index contributed by atoms with van der Waals surface area (Å²) >= 11 is 0. The molecule has 0 unspecified atom stereocenters. The van der Waals surface area contributed by atoms with E-state index in [0.29, 0.717) is 17.0 Å². The Labute approximate surface area is 126 Å². The van der Waals surface area contributed by atoms with Crippen molar-refractivity contribution in [1.29, 1.82) is 0 Å². The van der Waals surface area contributed by atoms with Crippen molar-refractivity contribution in [3.8, 4) is 5.75 Å². The van der Waals surface area contributed by atoms with Crippen molar-refractivity contribution in [2.75, 3.05) is 11.9 Å². The third-order valence-electron chi connectivity index (χ3n) is 2.91. The number of nitrogens with two attached hydrogens (primary N) is 1. The van der Waals surface area contributed by atoms with E-state index < -0.39 is 17.6 Å². The minimum absolute atomic E-state index is 0.214. The monoisotopic (exact) mass is 302 g/mol. The van der Waals surface area contributed by atoms with E-state index in [0.717, 1.165) is 0 Å². The smallest absolute Gasteiger partial charge is 0.255 e. The number of nitrogens with one attached hydrogen (secondary N) is 1. The number of benzene rings is 2. The molecule has 2 rings (SSSR count). The molecule has 0 spiro atoms. The Hall–Kier alpha value is -2.89. The van der Waals surface area contributed by atoms with Gasteiger partial charge in [-0.25, -0.2) is 4.39 Å². The van der Waals surface area contributed by atoms with Crippen LogP contribution in [0.3, 0.4) is 0 Å². The Kier molecular flexibility index (Phi) is 4.73. The molecular weight excluding hydrogens is 287 g/mol. The molecule has 0 radical (unpaired) electrons. The molecule has 0 aliphatic rings. The zero-order valence-electron chi connectivity index (χ0n) is 11.9. The third-order valence-corrected chi connectivity index (χ3v) is 2.91. The summed E-state index contributed by atoms with van der Waals surface area (Å²) in [5.74, 6) is -1.08. The Morgan fingerprint density at radius 2 is 2.00 bits per heavy atom. The fourth-order valence-corrected chi connectivity index (χ4v) is 1.76. The molecule has 0 aromatic heterocycles. The summed E-state index contributed by atoms with van der Waals surface area (Å²) in [6.45, 7) is 1.37. The van der Waals surface area contributed by atoms with Gasteiger partial charge in [0.15, 0.2) is 6.61 Å². The molecule has 5 nitrogen and oxygen atoms in total. The number of hydrogen-bond donors (Lipinski definition) is 2.